The third-order valence-electron chi connectivity index (χ3n) is 5.27. The fourth-order valence-electron chi connectivity index (χ4n) is 2.98. The van der Waals surface area contributed by atoms with E-state index in [1.165, 1.54) is 0 Å². The zero-order valence-corrected chi connectivity index (χ0v) is 15.0. The molecular formula is C18H26BNO4. The summed E-state index contributed by atoms with van der Waals surface area (Å²) in [6, 6.07) is 7.89. The third-order valence-corrected chi connectivity index (χ3v) is 5.27. The van der Waals surface area contributed by atoms with Crippen LogP contribution in [0.25, 0.3) is 0 Å². The van der Waals surface area contributed by atoms with Gasteiger partial charge in [-0.15, -0.1) is 0 Å². The zero-order chi connectivity index (χ0) is 17.4. The van der Waals surface area contributed by atoms with Crippen molar-refractivity contribution in [2.24, 2.45) is 0 Å². The molecule has 0 aromatic heterocycles. The summed E-state index contributed by atoms with van der Waals surface area (Å²) in [5.74, 6) is 0.127. The van der Waals surface area contributed by atoms with E-state index in [1.807, 2.05) is 56.9 Å². The van der Waals surface area contributed by atoms with Gasteiger partial charge in [-0.25, -0.2) is 0 Å². The molecule has 2 aliphatic rings. The van der Waals surface area contributed by atoms with E-state index in [-0.39, 0.29) is 17.1 Å². The third kappa shape index (κ3) is 3.36. The highest BCUT2D eigenvalue weighted by molar-refractivity contribution is 6.62. The quantitative estimate of drug-likeness (QED) is 0.786. The number of hydrogen-bond donors (Lipinski definition) is 0. The lowest BCUT2D eigenvalue weighted by atomic mass is 9.75. The van der Waals surface area contributed by atoms with Crippen molar-refractivity contribution in [3.05, 3.63) is 29.8 Å². The molecule has 0 radical (unpaired) electrons. The van der Waals surface area contributed by atoms with Crippen molar-refractivity contribution >= 4 is 18.5 Å². The van der Waals surface area contributed by atoms with Gasteiger partial charge in [0.2, 0.25) is 5.91 Å². The van der Waals surface area contributed by atoms with Gasteiger partial charge in [0, 0.05) is 13.1 Å². The van der Waals surface area contributed by atoms with E-state index in [1.54, 1.807) is 0 Å². The Morgan fingerprint density at radius 2 is 1.67 bits per heavy atom. The molecule has 0 aliphatic carbocycles. The number of ether oxygens (including phenoxy) is 1. The summed E-state index contributed by atoms with van der Waals surface area (Å²) in [5, 5.41) is 0. The van der Waals surface area contributed by atoms with Crippen LogP contribution in [0.5, 0.6) is 0 Å². The second-order valence-corrected chi connectivity index (χ2v) is 7.46. The van der Waals surface area contributed by atoms with Crippen molar-refractivity contribution in [3.8, 4) is 0 Å². The van der Waals surface area contributed by atoms with Gasteiger partial charge < -0.3 is 18.9 Å². The van der Waals surface area contributed by atoms with E-state index >= 15 is 0 Å². The first-order chi connectivity index (χ1) is 11.3. The Labute approximate surface area is 144 Å². The SMILES string of the molecule is CC1(C)OB(c2ccccc2CC(=O)N2CCOCC2)OC1(C)C. The van der Waals surface area contributed by atoms with Gasteiger partial charge >= 0.3 is 7.12 Å². The Kier molecular flexibility index (Phi) is 4.73. The van der Waals surface area contributed by atoms with Gasteiger partial charge in [-0.3, -0.25) is 4.79 Å². The molecule has 0 spiro atoms. The average molecular weight is 331 g/mol. The van der Waals surface area contributed by atoms with Gasteiger partial charge in [0.25, 0.3) is 0 Å². The summed E-state index contributed by atoms with van der Waals surface area (Å²) < 4.78 is 17.6. The molecule has 2 saturated heterocycles. The van der Waals surface area contributed by atoms with Gasteiger partial charge in [0.05, 0.1) is 30.8 Å². The maximum atomic E-state index is 12.6. The number of nitrogens with zero attached hydrogens (tertiary/aromatic N) is 1. The average Bonchev–Trinajstić information content (AvgIpc) is 2.76. The maximum absolute atomic E-state index is 12.6. The molecule has 6 heteroatoms. The van der Waals surface area contributed by atoms with E-state index in [2.05, 4.69) is 0 Å². The van der Waals surface area contributed by atoms with Crippen LogP contribution in [0.2, 0.25) is 0 Å². The molecule has 0 bridgehead atoms. The highest BCUT2D eigenvalue weighted by Gasteiger charge is 2.52. The number of carbonyl (C=O) groups is 1. The van der Waals surface area contributed by atoms with Crippen LogP contribution >= 0.6 is 0 Å². The Bertz CT molecular complexity index is 595. The van der Waals surface area contributed by atoms with Crippen LogP contribution in [0, 0.1) is 0 Å². The number of benzene rings is 1. The topological polar surface area (TPSA) is 48.0 Å². The summed E-state index contributed by atoms with van der Waals surface area (Å²) in [7, 11) is -0.441. The molecule has 3 rings (SSSR count). The minimum absolute atomic E-state index is 0.127. The Balaban J connectivity index is 1.78. The molecule has 2 fully saturated rings. The first kappa shape index (κ1) is 17.5. The number of carbonyl (C=O) groups excluding carboxylic acids is 1. The summed E-state index contributed by atoms with van der Waals surface area (Å²) in [6.07, 6.45) is 0.361. The van der Waals surface area contributed by atoms with E-state index in [0.717, 1.165) is 11.0 Å². The fraction of sp³-hybridized carbons (Fsp3) is 0.611. The van der Waals surface area contributed by atoms with Gasteiger partial charge in [0.15, 0.2) is 0 Å². The van der Waals surface area contributed by atoms with Crippen LogP contribution in [-0.2, 0) is 25.3 Å². The molecular weight excluding hydrogens is 305 g/mol. The van der Waals surface area contributed by atoms with Crippen molar-refractivity contribution in [3.63, 3.8) is 0 Å². The van der Waals surface area contributed by atoms with Crippen LogP contribution in [0.15, 0.2) is 24.3 Å². The predicted molar refractivity (Wildman–Crippen MR) is 93.3 cm³/mol. The highest BCUT2D eigenvalue weighted by atomic mass is 16.7. The molecule has 0 unspecified atom stereocenters. The molecule has 0 saturated carbocycles. The molecule has 24 heavy (non-hydrogen) atoms. The monoisotopic (exact) mass is 331 g/mol. The minimum Gasteiger partial charge on any atom is -0.399 e. The van der Waals surface area contributed by atoms with Crippen LogP contribution in [-0.4, -0.2) is 55.4 Å². The fourth-order valence-corrected chi connectivity index (χ4v) is 2.98. The smallest absolute Gasteiger partial charge is 0.399 e. The lowest BCUT2D eigenvalue weighted by molar-refractivity contribution is -0.134. The highest BCUT2D eigenvalue weighted by Crippen LogP contribution is 2.36. The lowest BCUT2D eigenvalue weighted by Gasteiger charge is -2.32. The number of rotatable bonds is 3. The van der Waals surface area contributed by atoms with Gasteiger partial charge in [0.1, 0.15) is 0 Å². The van der Waals surface area contributed by atoms with Crippen LogP contribution in [0.1, 0.15) is 33.3 Å². The summed E-state index contributed by atoms with van der Waals surface area (Å²) >= 11 is 0. The zero-order valence-electron chi connectivity index (χ0n) is 15.0. The standard InChI is InChI=1S/C18H26BNO4/c1-17(2)18(3,4)24-19(23-17)15-8-6-5-7-14(15)13-16(21)20-9-11-22-12-10-20/h5-8H,9-13H2,1-4H3. The predicted octanol–water partition coefficient (Wildman–Crippen LogP) is 1.39. The number of amides is 1. The van der Waals surface area contributed by atoms with E-state index in [0.29, 0.717) is 32.7 Å². The second kappa shape index (κ2) is 6.50. The molecule has 1 aromatic carbocycles. The molecule has 2 heterocycles. The molecule has 130 valence electrons. The maximum Gasteiger partial charge on any atom is 0.495 e. The van der Waals surface area contributed by atoms with Crippen LogP contribution < -0.4 is 5.46 Å². The van der Waals surface area contributed by atoms with Crippen LogP contribution in [0.4, 0.5) is 0 Å². The summed E-state index contributed by atoms with van der Waals surface area (Å²) in [5.41, 5.74) is 1.13. The van der Waals surface area contributed by atoms with Gasteiger partial charge in [-0.1, -0.05) is 24.3 Å². The normalized spacial score (nSPS) is 22.7. The Morgan fingerprint density at radius 1 is 1.08 bits per heavy atom. The van der Waals surface area contributed by atoms with Crippen molar-refractivity contribution < 1.29 is 18.8 Å². The molecule has 1 aromatic rings. The molecule has 1 amide bonds. The van der Waals surface area contributed by atoms with E-state index in [9.17, 15) is 4.79 Å². The first-order valence-electron chi connectivity index (χ1n) is 8.59. The van der Waals surface area contributed by atoms with Crippen molar-refractivity contribution in [1.29, 1.82) is 0 Å². The second-order valence-electron chi connectivity index (χ2n) is 7.46. The lowest BCUT2D eigenvalue weighted by Crippen LogP contribution is -2.43. The van der Waals surface area contributed by atoms with Crippen molar-refractivity contribution in [2.75, 3.05) is 26.3 Å². The number of morpholine rings is 1. The minimum atomic E-state index is -0.441. The molecule has 5 nitrogen and oxygen atoms in total. The molecule has 0 atom stereocenters. The summed E-state index contributed by atoms with van der Waals surface area (Å²) in [6.45, 7) is 10.7. The summed E-state index contributed by atoms with van der Waals surface area (Å²) in [4.78, 5) is 14.4. The van der Waals surface area contributed by atoms with E-state index < -0.39 is 7.12 Å². The largest absolute Gasteiger partial charge is 0.495 e. The van der Waals surface area contributed by atoms with Gasteiger partial charge in [-0.05, 0) is 38.7 Å². The van der Waals surface area contributed by atoms with Gasteiger partial charge in [-0.2, -0.15) is 0 Å². The van der Waals surface area contributed by atoms with Crippen LogP contribution in [0.3, 0.4) is 0 Å². The first-order valence-corrected chi connectivity index (χ1v) is 8.59. The molecule has 2 aliphatic heterocycles. The van der Waals surface area contributed by atoms with Crippen molar-refractivity contribution in [1.82, 2.24) is 4.90 Å². The number of hydrogen-bond acceptors (Lipinski definition) is 4. The van der Waals surface area contributed by atoms with Crippen molar-refractivity contribution in [2.45, 2.75) is 45.3 Å². The van der Waals surface area contributed by atoms with E-state index in [4.69, 9.17) is 14.0 Å². The molecule has 0 N–H and O–H groups in total. The Morgan fingerprint density at radius 3 is 2.29 bits per heavy atom. The Hall–Kier alpha value is -1.37.